The van der Waals surface area contributed by atoms with Crippen molar-refractivity contribution in [2.45, 2.75) is 58.0 Å². The molecule has 0 radical (unpaired) electrons. The highest BCUT2D eigenvalue weighted by Gasteiger charge is 2.39. The quantitative estimate of drug-likeness (QED) is 0.682. The van der Waals surface area contributed by atoms with Crippen molar-refractivity contribution in [1.29, 1.82) is 0 Å². The van der Waals surface area contributed by atoms with E-state index in [2.05, 4.69) is 25.7 Å². The molecule has 0 bridgehead atoms. The number of halogens is 2. The Kier molecular flexibility index (Phi) is 6.29. The first-order valence-corrected chi connectivity index (χ1v) is 10.6. The zero-order valence-corrected chi connectivity index (χ0v) is 18.2. The number of ether oxygens (including phenoxy) is 1. The van der Waals surface area contributed by atoms with Crippen molar-refractivity contribution in [2.75, 3.05) is 26.7 Å². The predicted octanol–water partition coefficient (Wildman–Crippen LogP) is 5.18. The third kappa shape index (κ3) is 4.38. The van der Waals surface area contributed by atoms with Crippen molar-refractivity contribution >= 4 is 29.1 Å². The van der Waals surface area contributed by atoms with Crippen molar-refractivity contribution in [3.8, 4) is 5.75 Å². The van der Waals surface area contributed by atoms with Gasteiger partial charge in [0.1, 0.15) is 5.75 Å². The molecule has 1 aromatic carbocycles. The SMILES string of the molecule is COc1cc(Cl)c(Cl)cc1C(C1CCN(C(C)(C)C)CC1)N1CCCC1=O. The van der Waals surface area contributed by atoms with Crippen molar-refractivity contribution in [1.82, 2.24) is 9.80 Å². The molecule has 4 nitrogen and oxygen atoms in total. The molecule has 27 heavy (non-hydrogen) atoms. The molecule has 0 saturated carbocycles. The van der Waals surface area contributed by atoms with Crippen molar-refractivity contribution < 1.29 is 9.53 Å². The van der Waals surface area contributed by atoms with Crippen LogP contribution in [0.4, 0.5) is 0 Å². The Morgan fingerprint density at radius 2 is 1.74 bits per heavy atom. The summed E-state index contributed by atoms with van der Waals surface area (Å²) in [4.78, 5) is 17.2. The van der Waals surface area contributed by atoms with Crippen molar-refractivity contribution in [2.24, 2.45) is 5.92 Å². The van der Waals surface area contributed by atoms with E-state index >= 15 is 0 Å². The number of methoxy groups -OCH3 is 1. The standard InChI is InChI=1S/C21H30Cl2N2O2/c1-21(2,3)24-10-7-14(8-11-24)20(25-9-5-6-19(25)26)15-12-16(22)17(23)13-18(15)27-4/h12-14,20H,5-11H2,1-4H3. The van der Waals surface area contributed by atoms with Gasteiger partial charge in [0.2, 0.25) is 5.91 Å². The zero-order valence-electron chi connectivity index (χ0n) is 16.7. The summed E-state index contributed by atoms with van der Waals surface area (Å²) in [6.07, 6.45) is 3.64. The molecule has 0 aliphatic carbocycles. The molecule has 2 saturated heterocycles. The molecular weight excluding hydrogens is 383 g/mol. The second-order valence-electron chi connectivity index (χ2n) is 8.64. The molecule has 0 aromatic heterocycles. The van der Waals surface area contributed by atoms with E-state index in [1.165, 1.54) is 0 Å². The number of piperidine rings is 1. The van der Waals surface area contributed by atoms with Crippen LogP contribution in [0.5, 0.6) is 5.75 Å². The molecule has 1 unspecified atom stereocenters. The van der Waals surface area contributed by atoms with E-state index in [0.717, 1.165) is 44.5 Å². The van der Waals surface area contributed by atoms with Gasteiger partial charge in [-0.1, -0.05) is 23.2 Å². The second kappa shape index (κ2) is 8.18. The molecule has 0 N–H and O–H groups in total. The molecule has 6 heteroatoms. The van der Waals surface area contributed by atoms with E-state index in [1.807, 2.05) is 11.0 Å². The fraction of sp³-hybridized carbons (Fsp3) is 0.667. The van der Waals surface area contributed by atoms with Crippen molar-refractivity contribution in [3.05, 3.63) is 27.7 Å². The summed E-state index contributed by atoms with van der Waals surface area (Å²) in [6.45, 7) is 9.66. The van der Waals surface area contributed by atoms with Crippen LogP contribution in [-0.4, -0.2) is 48.0 Å². The van der Waals surface area contributed by atoms with Gasteiger partial charge in [-0.2, -0.15) is 0 Å². The zero-order chi connectivity index (χ0) is 19.8. The summed E-state index contributed by atoms with van der Waals surface area (Å²) in [6, 6.07) is 3.67. The maximum Gasteiger partial charge on any atom is 0.223 e. The minimum atomic E-state index is -0.00756. The van der Waals surface area contributed by atoms with Crippen LogP contribution in [0.3, 0.4) is 0 Å². The van der Waals surface area contributed by atoms with Crippen LogP contribution >= 0.6 is 23.2 Å². The average Bonchev–Trinajstić information content (AvgIpc) is 3.03. The van der Waals surface area contributed by atoms with Crippen LogP contribution < -0.4 is 4.74 Å². The number of likely N-dealkylation sites (tertiary alicyclic amines) is 2. The van der Waals surface area contributed by atoms with Gasteiger partial charge >= 0.3 is 0 Å². The van der Waals surface area contributed by atoms with Gasteiger partial charge in [-0.15, -0.1) is 0 Å². The fourth-order valence-corrected chi connectivity index (χ4v) is 4.80. The summed E-state index contributed by atoms with van der Waals surface area (Å²) in [7, 11) is 1.65. The smallest absolute Gasteiger partial charge is 0.223 e. The van der Waals surface area contributed by atoms with Crippen LogP contribution in [0, 0.1) is 5.92 Å². The molecule has 2 aliphatic heterocycles. The Bertz CT molecular complexity index is 694. The van der Waals surface area contributed by atoms with Crippen LogP contribution in [0.2, 0.25) is 10.0 Å². The lowest BCUT2D eigenvalue weighted by molar-refractivity contribution is -0.131. The van der Waals surface area contributed by atoms with Gasteiger partial charge in [0.15, 0.2) is 0 Å². The van der Waals surface area contributed by atoms with Gasteiger partial charge in [-0.05, 0) is 65.1 Å². The minimum Gasteiger partial charge on any atom is -0.496 e. The summed E-state index contributed by atoms with van der Waals surface area (Å²) in [5.74, 6) is 1.33. The molecule has 1 amide bonds. The third-order valence-electron chi connectivity index (χ3n) is 5.97. The maximum atomic E-state index is 12.6. The van der Waals surface area contributed by atoms with E-state index in [9.17, 15) is 4.79 Å². The monoisotopic (exact) mass is 412 g/mol. The molecule has 3 rings (SSSR count). The first-order chi connectivity index (χ1) is 12.7. The summed E-state index contributed by atoms with van der Waals surface area (Å²) in [5.41, 5.74) is 1.15. The Morgan fingerprint density at radius 3 is 2.26 bits per heavy atom. The molecular formula is C21H30Cl2N2O2. The lowest BCUT2D eigenvalue weighted by Crippen LogP contribution is -2.48. The molecule has 0 spiro atoms. The second-order valence-corrected chi connectivity index (χ2v) is 9.45. The first-order valence-electron chi connectivity index (χ1n) is 9.80. The molecule has 1 aromatic rings. The Balaban J connectivity index is 1.94. The van der Waals surface area contributed by atoms with Crippen LogP contribution in [0.1, 0.15) is 58.1 Å². The highest BCUT2D eigenvalue weighted by atomic mass is 35.5. The van der Waals surface area contributed by atoms with E-state index in [0.29, 0.717) is 28.1 Å². The largest absolute Gasteiger partial charge is 0.496 e. The maximum absolute atomic E-state index is 12.6. The van der Waals surface area contributed by atoms with Crippen molar-refractivity contribution in [3.63, 3.8) is 0 Å². The van der Waals surface area contributed by atoms with Gasteiger partial charge in [0, 0.05) is 30.1 Å². The lowest BCUT2D eigenvalue weighted by Gasteiger charge is -2.44. The van der Waals surface area contributed by atoms with E-state index < -0.39 is 0 Å². The Morgan fingerprint density at radius 1 is 1.11 bits per heavy atom. The van der Waals surface area contributed by atoms with Crippen LogP contribution in [-0.2, 0) is 4.79 Å². The molecule has 2 aliphatic rings. The minimum absolute atomic E-state index is 0.00756. The Labute approximate surface area is 172 Å². The lowest BCUT2D eigenvalue weighted by atomic mass is 9.83. The van der Waals surface area contributed by atoms with E-state index in [4.69, 9.17) is 27.9 Å². The number of benzene rings is 1. The van der Waals surface area contributed by atoms with Gasteiger partial charge in [-0.25, -0.2) is 0 Å². The highest BCUT2D eigenvalue weighted by Crippen LogP contribution is 2.44. The van der Waals surface area contributed by atoms with Gasteiger partial charge in [-0.3, -0.25) is 9.69 Å². The van der Waals surface area contributed by atoms with Crippen LogP contribution in [0.15, 0.2) is 12.1 Å². The highest BCUT2D eigenvalue weighted by molar-refractivity contribution is 6.42. The first kappa shape index (κ1) is 20.8. The average molecular weight is 413 g/mol. The van der Waals surface area contributed by atoms with E-state index in [-0.39, 0.29) is 17.5 Å². The number of nitrogens with zero attached hydrogens (tertiary/aromatic N) is 2. The summed E-state index contributed by atoms with van der Waals surface area (Å²) in [5, 5.41) is 0.988. The Hall–Kier alpha value is -0.970. The number of carbonyl (C=O) groups is 1. The normalized spacial score (nSPS) is 21.0. The number of hydrogen-bond acceptors (Lipinski definition) is 3. The number of hydrogen-bond donors (Lipinski definition) is 0. The third-order valence-corrected chi connectivity index (χ3v) is 6.69. The van der Waals surface area contributed by atoms with E-state index in [1.54, 1.807) is 13.2 Å². The number of amides is 1. The van der Waals surface area contributed by atoms with Gasteiger partial charge in [0.25, 0.3) is 0 Å². The fourth-order valence-electron chi connectivity index (χ4n) is 4.48. The summed E-state index contributed by atoms with van der Waals surface area (Å²) < 4.78 is 5.63. The molecule has 150 valence electrons. The van der Waals surface area contributed by atoms with Gasteiger partial charge in [0.05, 0.1) is 23.2 Å². The predicted molar refractivity (Wildman–Crippen MR) is 111 cm³/mol. The number of carbonyl (C=O) groups excluding carboxylic acids is 1. The van der Waals surface area contributed by atoms with Gasteiger partial charge < -0.3 is 9.64 Å². The molecule has 2 heterocycles. The molecule has 2 fully saturated rings. The topological polar surface area (TPSA) is 32.8 Å². The molecule has 1 atom stereocenters. The summed E-state index contributed by atoms with van der Waals surface area (Å²) >= 11 is 12.6. The van der Waals surface area contributed by atoms with Crippen LogP contribution in [0.25, 0.3) is 0 Å². The number of rotatable bonds is 4.